The van der Waals surface area contributed by atoms with Crippen molar-refractivity contribution < 1.29 is 0 Å². The first-order valence-corrected chi connectivity index (χ1v) is 7.54. The van der Waals surface area contributed by atoms with Crippen molar-refractivity contribution in [3.63, 3.8) is 0 Å². The molecule has 104 valence electrons. The summed E-state index contributed by atoms with van der Waals surface area (Å²) in [5.74, 6) is 0. The third kappa shape index (κ3) is 3.07. The molecule has 0 radical (unpaired) electrons. The smallest absolute Gasteiger partial charge is 0.0578 e. The van der Waals surface area contributed by atoms with E-state index < -0.39 is 0 Å². The average Bonchev–Trinajstić information content (AvgIpc) is 2.49. The summed E-state index contributed by atoms with van der Waals surface area (Å²) in [5, 5.41) is 0. The summed E-state index contributed by atoms with van der Waals surface area (Å²) >= 11 is 0. The minimum absolute atomic E-state index is 0.476. The molecule has 3 rings (SSSR count). The predicted octanol–water partition coefficient (Wildman–Crippen LogP) is 4.12. The van der Waals surface area contributed by atoms with Gasteiger partial charge in [-0.05, 0) is 44.0 Å². The minimum atomic E-state index is 0.476. The van der Waals surface area contributed by atoms with Crippen LogP contribution in [0.5, 0.6) is 0 Å². The van der Waals surface area contributed by atoms with Gasteiger partial charge in [-0.25, -0.2) is 0 Å². The van der Waals surface area contributed by atoms with Gasteiger partial charge in [-0.2, -0.15) is 0 Å². The molecule has 1 saturated heterocycles. The topological polar surface area (TPSA) is 16.1 Å². The molecule has 1 fully saturated rings. The van der Waals surface area contributed by atoms with Crippen LogP contribution in [0.15, 0.2) is 48.5 Å². The van der Waals surface area contributed by atoms with E-state index in [1.54, 1.807) is 0 Å². The third-order valence-corrected chi connectivity index (χ3v) is 4.09. The Bertz CT molecular complexity index is 550. The molecule has 1 aromatic heterocycles. The van der Waals surface area contributed by atoms with Crippen molar-refractivity contribution in [3.8, 4) is 0 Å². The Balaban J connectivity index is 1.80. The molecule has 0 amide bonds. The van der Waals surface area contributed by atoms with Crippen molar-refractivity contribution in [2.24, 2.45) is 0 Å². The van der Waals surface area contributed by atoms with E-state index in [9.17, 15) is 0 Å². The predicted molar refractivity (Wildman–Crippen MR) is 82.4 cm³/mol. The summed E-state index contributed by atoms with van der Waals surface area (Å²) in [5.41, 5.74) is 3.75. The van der Waals surface area contributed by atoms with Crippen LogP contribution in [-0.4, -0.2) is 16.4 Å². The van der Waals surface area contributed by atoms with E-state index in [-0.39, 0.29) is 0 Å². The molecule has 1 aliphatic rings. The third-order valence-electron chi connectivity index (χ3n) is 4.09. The number of aromatic nitrogens is 1. The lowest BCUT2D eigenvalue weighted by Gasteiger charge is -2.35. The van der Waals surface area contributed by atoms with Crippen molar-refractivity contribution in [3.05, 3.63) is 65.5 Å². The molecule has 0 spiro atoms. The van der Waals surface area contributed by atoms with E-state index in [4.69, 9.17) is 4.98 Å². The highest BCUT2D eigenvalue weighted by atomic mass is 15.2. The lowest BCUT2D eigenvalue weighted by Crippen LogP contribution is -2.33. The maximum absolute atomic E-state index is 4.75. The quantitative estimate of drug-likeness (QED) is 0.831. The highest BCUT2D eigenvalue weighted by molar-refractivity contribution is 5.17. The molecule has 0 saturated carbocycles. The molecule has 1 atom stereocenters. The number of piperidine rings is 1. The van der Waals surface area contributed by atoms with Gasteiger partial charge in [-0.1, -0.05) is 42.8 Å². The van der Waals surface area contributed by atoms with Gasteiger partial charge in [0, 0.05) is 12.2 Å². The summed E-state index contributed by atoms with van der Waals surface area (Å²) in [6.45, 7) is 4.28. The van der Waals surface area contributed by atoms with Crippen molar-refractivity contribution in [2.75, 3.05) is 6.54 Å². The first-order valence-electron chi connectivity index (χ1n) is 7.54. The van der Waals surface area contributed by atoms with Crippen LogP contribution in [0, 0.1) is 6.92 Å². The molecule has 2 nitrogen and oxygen atoms in total. The molecule has 2 heterocycles. The van der Waals surface area contributed by atoms with Crippen LogP contribution in [0.2, 0.25) is 0 Å². The number of hydrogen-bond acceptors (Lipinski definition) is 2. The van der Waals surface area contributed by atoms with E-state index in [1.807, 2.05) is 0 Å². The van der Waals surface area contributed by atoms with Crippen LogP contribution in [0.4, 0.5) is 0 Å². The number of likely N-dealkylation sites (tertiary alicyclic amines) is 1. The molecule has 2 heteroatoms. The van der Waals surface area contributed by atoms with Gasteiger partial charge in [0.05, 0.1) is 11.7 Å². The number of rotatable bonds is 3. The fraction of sp³-hybridized carbons (Fsp3) is 0.389. The van der Waals surface area contributed by atoms with Gasteiger partial charge in [-0.3, -0.25) is 9.88 Å². The Morgan fingerprint density at radius 1 is 1.05 bits per heavy atom. The normalized spacial score (nSPS) is 19.9. The second-order valence-electron chi connectivity index (χ2n) is 5.67. The second kappa shape index (κ2) is 6.19. The fourth-order valence-electron chi connectivity index (χ4n) is 3.08. The van der Waals surface area contributed by atoms with Gasteiger partial charge in [0.2, 0.25) is 0 Å². The molecule has 1 aliphatic heterocycles. The van der Waals surface area contributed by atoms with Gasteiger partial charge >= 0.3 is 0 Å². The summed E-state index contributed by atoms with van der Waals surface area (Å²) in [4.78, 5) is 7.33. The largest absolute Gasteiger partial charge is 0.291 e. The molecular formula is C18H22N2. The molecular weight excluding hydrogens is 244 g/mol. The number of hydrogen-bond donors (Lipinski definition) is 0. The van der Waals surface area contributed by atoms with Crippen molar-refractivity contribution in [1.82, 2.24) is 9.88 Å². The summed E-state index contributed by atoms with van der Waals surface area (Å²) in [6.07, 6.45) is 3.84. The maximum atomic E-state index is 4.75. The molecule has 20 heavy (non-hydrogen) atoms. The zero-order valence-corrected chi connectivity index (χ0v) is 12.1. The van der Waals surface area contributed by atoms with Gasteiger partial charge < -0.3 is 0 Å². The average molecular weight is 266 g/mol. The van der Waals surface area contributed by atoms with E-state index in [0.717, 1.165) is 12.2 Å². The molecule has 0 unspecified atom stereocenters. The van der Waals surface area contributed by atoms with Crippen LogP contribution < -0.4 is 0 Å². The van der Waals surface area contributed by atoms with E-state index in [2.05, 4.69) is 60.4 Å². The molecule has 0 aliphatic carbocycles. The van der Waals surface area contributed by atoms with Gasteiger partial charge in [0.1, 0.15) is 0 Å². The highest BCUT2D eigenvalue weighted by Gasteiger charge is 2.24. The first kappa shape index (κ1) is 13.3. The summed E-state index contributed by atoms with van der Waals surface area (Å²) in [6, 6.07) is 17.6. The first-order chi connectivity index (χ1) is 9.83. The number of aryl methyl sites for hydroxylation is 1. The lowest BCUT2D eigenvalue weighted by molar-refractivity contribution is 0.137. The Morgan fingerprint density at radius 3 is 2.70 bits per heavy atom. The number of pyridine rings is 1. The van der Waals surface area contributed by atoms with Crippen molar-refractivity contribution in [2.45, 2.75) is 38.8 Å². The van der Waals surface area contributed by atoms with Gasteiger partial charge in [0.25, 0.3) is 0 Å². The minimum Gasteiger partial charge on any atom is -0.291 e. The van der Waals surface area contributed by atoms with E-state index in [1.165, 1.54) is 37.1 Å². The van der Waals surface area contributed by atoms with E-state index >= 15 is 0 Å². The molecule has 0 bridgehead atoms. The summed E-state index contributed by atoms with van der Waals surface area (Å²) < 4.78 is 0. The number of nitrogens with zero attached hydrogens (tertiary/aromatic N) is 2. The Kier molecular flexibility index (Phi) is 4.12. The van der Waals surface area contributed by atoms with Crippen molar-refractivity contribution >= 4 is 0 Å². The van der Waals surface area contributed by atoms with Crippen LogP contribution in [0.3, 0.4) is 0 Å². The Labute approximate surface area is 121 Å². The van der Waals surface area contributed by atoms with Gasteiger partial charge in [-0.15, -0.1) is 0 Å². The fourth-order valence-corrected chi connectivity index (χ4v) is 3.08. The monoisotopic (exact) mass is 266 g/mol. The second-order valence-corrected chi connectivity index (χ2v) is 5.67. The van der Waals surface area contributed by atoms with Crippen LogP contribution in [0.1, 0.15) is 42.3 Å². The van der Waals surface area contributed by atoms with Crippen molar-refractivity contribution in [1.29, 1.82) is 0 Å². The highest BCUT2D eigenvalue weighted by Crippen LogP contribution is 2.31. The molecule has 1 aromatic carbocycles. The maximum Gasteiger partial charge on any atom is 0.0578 e. The Morgan fingerprint density at radius 2 is 1.90 bits per heavy atom. The lowest BCUT2D eigenvalue weighted by atomic mass is 9.98. The zero-order valence-electron chi connectivity index (χ0n) is 12.1. The zero-order chi connectivity index (χ0) is 13.8. The van der Waals surface area contributed by atoms with E-state index in [0.29, 0.717) is 6.04 Å². The Hall–Kier alpha value is -1.67. The summed E-state index contributed by atoms with van der Waals surface area (Å²) in [7, 11) is 0. The molecule has 2 aromatic rings. The SMILES string of the molecule is Cc1cccc([C@H]2CCCCN2Cc2ccccc2)n1. The van der Waals surface area contributed by atoms with Gasteiger partial charge in [0.15, 0.2) is 0 Å². The number of benzene rings is 1. The molecule has 0 N–H and O–H groups in total. The van der Waals surface area contributed by atoms with Crippen LogP contribution in [-0.2, 0) is 6.54 Å². The van der Waals surface area contributed by atoms with Crippen LogP contribution in [0.25, 0.3) is 0 Å². The standard InChI is InChI=1S/C18H22N2/c1-15-8-7-11-17(19-15)18-12-5-6-13-20(18)14-16-9-3-2-4-10-16/h2-4,7-11,18H,5-6,12-14H2,1H3/t18-/m1/s1. The van der Waals surface area contributed by atoms with Crippen LogP contribution >= 0.6 is 0 Å².